The van der Waals surface area contributed by atoms with Crippen molar-refractivity contribution in [1.82, 2.24) is 9.88 Å². The molecule has 3 heterocycles. The lowest BCUT2D eigenvalue weighted by molar-refractivity contribution is 0.0782. The van der Waals surface area contributed by atoms with Crippen LogP contribution in [0.4, 0.5) is 0 Å². The zero-order valence-corrected chi connectivity index (χ0v) is 15.9. The molecule has 3 heteroatoms. The van der Waals surface area contributed by atoms with Gasteiger partial charge in [0.1, 0.15) is 5.75 Å². The van der Waals surface area contributed by atoms with Crippen molar-refractivity contribution < 1.29 is 4.74 Å². The molecule has 1 saturated carbocycles. The van der Waals surface area contributed by atoms with Gasteiger partial charge in [0.15, 0.2) is 0 Å². The third-order valence-corrected chi connectivity index (χ3v) is 7.22. The van der Waals surface area contributed by atoms with Crippen LogP contribution in [0.5, 0.6) is 5.75 Å². The largest absolute Gasteiger partial charge is 0.496 e. The van der Waals surface area contributed by atoms with Crippen LogP contribution in [0.2, 0.25) is 0 Å². The van der Waals surface area contributed by atoms with Gasteiger partial charge >= 0.3 is 0 Å². The van der Waals surface area contributed by atoms with E-state index in [0.717, 1.165) is 18.7 Å². The SMILES string of the molecule is COc1cccc2c1[C@H]1c3[nH]c4ccccc4c3CCN1[C@@H]1CCCC[C@@H]21. The maximum absolute atomic E-state index is 5.89. The number of ether oxygens (including phenoxy) is 1. The Kier molecular flexibility index (Phi) is 3.43. The smallest absolute Gasteiger partial charge is 0.124 e. The molecule has 6 rings (SSSR count). The van der Waals surface area contributed by atoms with E-state index in [9.17, 15) is 0 Å². The van der Waals surface area contributed by atoms with Crippen molar-refractivity contribution in [2.24, 2.45) is 0 Å². The van der Waals surface area contributed by atoms with Crippen molar-refractivity contribution in [3.63, 3.8) is 0 Å². The molecule has 1 fully saturated rings. The summed E-state index contributed by atoms with van der Waals surface area (Å²) in [7, 11) is 1.82. The summed E-state index contributed by atoms with van der Waals surface area (Å²) >= 11 is 0. The number of nitrogens with zero attached hydrogens (tertiary/aromatic N) is 1. The monoisotopic (exact) mass is 358 g/mol. The summed E-state index contributed by atoms with van der Waals surface area (Å²) in [4.78, 5) is 6.60. The Morgan fingerprint density at radius 1 is 1.04 bits per heavy atom. The Bertz CT molecular complexity index is 1020. The van der Waals surface area contributed by atoms with Crippen LogP contribution in [0.25, 0.3) is 10.9 Å². The minimum atomic E-state index is 0.298. The first-order valence-electron chi connectivity index (χ1n) is 10.4. The second-order valence-corrected chi connectivity index (χ2v) is 8.37. The zero-order chi connectivity index (χ0) is 18.0. The van der Waals surface area contributed by atoms with Crippen molar-refractivity contribution in [3.05, 3.63) is 64.8 Å². The summed E-state index contributed by atoms with van der Waals surface area (Å²) in [5.74, 6) is 1.71. The number of hydrogen-bond acceptors (Lipinski definition) is 2. The highest BCUT2D eigenvalue weighted by Gasteiger charge is 2.46. The molecule has 3 aromatic rings. The molecule has 1 aliphatic carbocycles. The average Bonchev–Trinajstić information content (AvgIpc) is 3.12. The van der Waals surface area contributed by atoms with Gasteiger partial charge in [0.2, 0.25) is 0 Å². The highest BCUT2D eigenvalue weighted by atomic mass is 16.5. The van der Waals surface area contributed by atoms with Crippen LogP contribution in [-0.2, 0) is 6.42 Å². The number of benzene rings is 2. The summed E-state index contributed by atoms with van der Waals surface area (Å²) in [5.41, 5.74) is 7.13. The van der Waals surface area contributed by atoms with Crippen LogP contribution in [-0.4, -0.2) is 29.6 Å². The number of para-hydroxylation sites is 1. The van der Waals surface area contributed by atoms with Crippen molar-refractivity contribution in [1.29, 1.82) is 0 Å². The van der Waals surface area contributed by atoms with E-state index in [-0.39, 0.29) is 0 Å². The highest BCUT2D eigenvalue weighted by Crippen LogP contribution is 2.53. The van der Waals surface area contributed by atoms with Gasteiger partial charge in [-0.3, -0.25) is 4.90 Å². The molecule has 3 nitrogen and oxygen atoms in total. The standard InChI is InChI=1S/C24H26N2O/c1-27-21-12-6-9-17-16-8-3-5-11-20(16)26-14-13-18-15-7-2-4-10-19(15)25-23(18)24(26)22(17)21/h2,4,6-7,9-10,12,16,20,24-25H,3,5,8,11,13-14H2,1H3/t16-,20+,24-/m0/s1. The summed E-state index contributed by atoms with van der Waals surface area (Å²) in [5, 5.41) is 1.40. The lowest BCUT2D eigenvalue weighted by atomic mass is 9.70. The Hall–Kier alpha value is -2.26. The Balaban J connectivity index is 1.63. The van der Waals surface area contributed by atoms with Crippen LogP contribution in [0, 0.1) is 0 Å². The predicted octanol–water partition coefficient (Wildman–Crippen LogP) is 5.16. The number of fused-ring (bicyclic) bond motifs is 10. The van der Waals surface area contributed by atoms with Crippen LogP contribution in [0.1, 0.15) is 60.0 Å². The number of aromatic nitrogens is 1. The van der Waals surface area contributed by atoms with Crippen molar-refractivity contribution in [3.8, 4) is 5.75 Å². The Morgan fingerprint density at radius 3 is 2.85 bits per heavy atom. The second kappa shape index (κ2) is 5.87. The molecule has 27 heavy (non-hydrogen) atoms. The van der Waals surface area contributed by atoms with Crippen LogP contribution >= 0.6 is 0 Å². The van der Waals surface area contributed by atoms with E-state index in [1.54, 1.807) is 0 Å². The summed E-state index contributed by atoms with van der Waals surface area (Å²) < 4.78 is 5.89. The van der Waals surface area contributed by atoms with Crippen molar-refractivity contribution in [2.45, 2.75) is 50.1 Å². The molecule has 0 amide bonds. The number of aromatic amines is 1. The molecule has 0 spiro atoms. The number of methoxy groups -OCH3 is 1. The second-order valence-electron chi connectivity index (χ2n) is 8.37. The van der Waals surface area contributed by atoms with Gasteiger partial charge in [-0.05, 0) is 48.4 Å². The maximum atomic E-state index is 5.89. The third kappa shape index (κ3) is 2.12. The number of rotatable bonds is 1. The lowest BCUT2D eigenvalue weighted by Crippen LogP contribution is -2.50. The van der Waals surface area contributed by atoms with Gasteiger partial charge in [-0.25, -0.2) is 0 Å². The van der Waals surface area contributed by atoms with E-state index in [2.05, 4.69) is 52.3 Å². The molecular formula is C24H26N2O. The summed E-state index contributed by atoms with van der Waals surface area (Å²) in [6.07, 6.45) is 6.50. The predicted molar refractivity (Wildman–Crippen MR) is 109 cm³/mol. The minimum absolute atomic E-state index is 0.298. The van der Waals surface area contributed by atoms with Gasteiger partial charge in [-0.15, -0.1) is 0 Å². The first-order valence-corrected chi connectivity index (χ1v) is 10.4. The van der Waals surface area contributed by atoms with Crippen LogP contribution in [0.3, 0.4) is 0 Å². The van der Waals surface area contributed by atoms with Gasteiger partial charge in [0, 0.05) is 34.7 Å². The molecule has 1 N–H and O–H groups in total. The zero-order valence-electron chi connectivity index (χ0n) is 15.9. The number of hydrogen-bond donors (Lipinski definition) is 1. The Labute approximate surface area is 160 Å². The average molecular weight is 358 g/mol. The van der Waals surface area contributed by atoms with E-state index in [1.165, 1.54) is 59.0 Å². The lowest BCUT2D eigenvalue weighted by Gasteiger charge is -2.51. The third-order valence-electron chi connectivity index (χ3n) is 7.22. The fraction of sp³-hybridized carbons (Fsp3) is 0.417. The molecule has 0 saturated heterocycles. The van der Waals surface area contributed by atoms with Crippen molar-refractivity contribution in [2.75, 3.05) is 13.7 Å². The maximum Gasteiger partial charge on any atom is 0.124 e. The van der Waals surface area contributed by atoms with Crippen molar-refractivity contribution >= 4 is 10.9 Å². The van der Waals surface area contributed by atoms with E-state index < -0.39 is 0 Å². The van der Waals surface area contributed by atoms with Gasteiger partial charge < -0.3 is 9.72 Å². The minimum Gasteiger partial charge on any atom is -0.496 e. The molecule has 3 aliphatic rings. The molecule has 2 aliphatic heterocycles. The topological polar surface area (TPSA) is 28.3 Å². The number of H-pyrrole nitrogens is 1. The molecule has 0 radical (unpaired) electrons. The first-order chi connectivity index (χ1) is 13.4. The van der Waals surface area contributed by atoms with E-state index in [0.29, 0.717) is 18.0 Å². The van der Waals surface area contributed by atoms with Gasteiger partial charge in [0.05, 0.1) is 13.2 Å². The normalized spacial score (nSPS) is 26.8. The molecule has 0 bridgehead atoms. The fourth-order valence-corrected chi connectivity index (χ4v) is 6.15. The van der Waals surface area contributed by atoms with E-state index in [1.807, 2.05) is 7.11 Å². The number of nitrogens with one attached hydrogen (secondary N) is 1. The van der Waals surface area contributed by atoms with Crippen LogP contribution < -0.4 is 4.74 Å². The summed E-state index contributed by atoms with van der Waals surface area (Å²) in [6.45, 7) is 1.15. The first kappa shape index (κ1) is 15.8. The molecule has 3 atom stereocenters. The van der Waals surface area contributed by atoms with Crippen LogP contribution in [0.15, 0.2) is 42.5 Å². The molecule has 2 aromatic carbocycles. The summed E-state index contributed by atoms with van der Waals surface area (Å²) in [6, 6.07) is 16.5. The quantitative estimate of drug-likeness (QED) is 0.650. The highest BCUT2D eigenvalue weighted by molar-refractivity contribution is 5.85. The molecule has 1 aromatic heterocycles. The van der Waals surface area contributed by atoms with Gasteiger partial charge in [-0.1, -0.05) is 43.2 Å². The Morgan fingerprint density at radius 2 is 1.93 bits per heavy atom. The molecule has 138 valence electrons. The molecule has 0 unspecified atom stereocenters. The van der Waals surface area contributed by atoms with E-state index >= 15 is 0 Å². The van der Waals surface area contributed by atoms with Gasteiger partial charge in [-0.2, -0.15) is 0 Å². The van der Waals surface area contributed by atoms with E-state index in [4.69, 9.17) is 4.74 Å². The molecular weight excluding hydrogens is 332 g/mol. The van der Waals surface area contributed by atoms with Gasteiger partial charge in [0.25, 0.3) is 0 Å². The fourth-order valence-electron chi connectivity index (χ4n) is 6.15.